The molecule has 0 radical (unpaired) electrons. The smallest absolute Gasteiger partial charge is 0.135 e. The second-order valence-electron chi connectivity index (χ2n) is 6.59. The molecule has 1 fully saturated rings. The van der Waals surface area contributed by atoms with Crippen LogP contribution in [-0.4, -0.2) is 46.6 Å². The lowest BCUT2D eigenvalue weighted by Crippen LogP contribution is -2.34. The fourth-order valence-electron chi connectivity index (χ4n) is 3.29. The highest BCUT2D eigenvalue weighted by molar-refractivity contribution is 7.11. The molecule has 25 heavy (non-hydrogen) atoms. The molecule has 4 rings (SSSR count). The highest BCUT2D eigenvalue weighted by Crippen LogP contribution is 2.32. The van der Waals surface area contributed by atoms with Crippen molar-refractivity contribution >= 4 is 22.7 Å². The van der Waals surface area contributed by atoms with E-state index in [1.54, 1.807) is 0 Å². The van der Waals surface area contributed by atoms with Crippen LogP contribution in [0.25, 0.3) is 16.8 Å². The number of thiazole rings is 1. The van der Waals surface area contributed by atoms with Gasteiger partial charge >= 0.3 is 0 Å². The lowest BCUT2D eigenvalue weighted by Gasteiger charge is -2.21. The van der Waals surface area contributed by atoms with Gasteiger partial charge in [0, 0.05) is 24.1 Å². The Labute approximate surface area is 151 Å². The standard InChI is InChI=1S/C19H21N3O2S/c1-12-4-6-13(7-5-12)15-11-25-19(21-15)17-16(23)10-22(18(17)20)9-14-3-2-8-24-14/h4-7,11,14,20,23H,2-3,8-10H2,1H3. The molecule has 0 bridgehead atoms. The van der Waals surface area contributed by atoms with E-state index >= 15 is 0 Å². The number of amidine groups is 1. The number of ether oxygens (including phenoxy) is 1. The van der Waals surface area contributed by atoms with E-state index in [0.717, 1.165) is 30.7 Å². The molecule has 2 aliphatic heterocycles. The maximum Gasteiger partial charge on any atom is 0.135 e. The first kappa shape index (κ1) is 16.3. The van der Waals surface area contributed by atoms with Gasteiger partial charge in [-0.2, -0.15) is 0 Å². The average Bonchev–Trinajstić information content (AvgIpc) is 3.31. The number of nitrogens with zero attached hydrogens (tertiary/aromatic N) is 2. The van der Waals surface area contributed by atoms with Gasteiger partial charge in [0.25, 0.3) is 0 Å². The number of aliphatic hydroxyl groups excluding tert-OH is 1. The van der Waals surface area contributed by atoms with Crippen molar-refractivity contribution in [2.24, 2.45) is 0 Å². The zero-order chi connectivity index (χ0) is 17.4. The van der Waals surface area contributed by atoms with Crippen LogP contribution >= 0.6 is 11.3 Å². The van der Waals surface area contributed by atoms with E-state index in [1.807, 2.05) is 22.4 Å². The van der Waals surface area contributed by atoms with Gasteiger partial charge in [-0.3, -0.25) is 5.41 Å². The van der Waals surface area contributed by atoms with Crippen LogP contribution in [0.5, 0.6) is 0 Å². The summed E-state index contributed by atoms with van der Waals surface area (Å²) < 4.78 is 5.66. The molecule has 3 heterocycles. The molecule has 2 aliphatic rings. The Morgan fingerprint density at radius 1 is 1.36 bits per heavy atom. The maximum atomic E-state index is 10.4. The van der Waals surface area contributed by atoms with Crippen LogP contribution in [0.15, 0.2) is 35.4 Å². The number of hydrogen-bond donors (Lipinski definition) is 2. The Kier molecular flexibility index (Phi) is 4.31. The third-order valence-electron chi connectivity index (χ3n) is 4.70. The third kappa shape index (κ3) is 3.19. The van der Waals surface area contributed by atoms with E-state index in [9.17, 15) is 5.11 Å². The Bertz CT molecular complexity index is 819. The predicted molar refractivity (Wildman–Crippen MR) is 100 cm³/mol. The van der Waals surface area contributed by atoms with Gasteiger partial charge in [0.15, 0.2) is 0 Å². The number of rotatable bonds is 4. The molecular weight excluding hydrogens is 334 g/mol. The molecule has 1 saturated heterocycles. The van der Waals surface area contributed by atoms with Gasteiger partial charge in [0.05, 0.1) is 23.9 Å². The molecule has 1 atom stereocenters. The van der Waals surface area contributed by atoms with Gasteiger partial charge in [-0.15, -0.1) is 11.3 Å². The zero-order valence-corrected chi connectivity index (χ0v) is 15.0. The van der Waals surface area contributed by atoms with E-state index in [1.165, 1.54) is 16.9 Å². The summed E-state index contributed by atoms with van der Waals surface area (Å²) in [6.07, 6.45) is 2.26. The number of aliphatic hydroxyl groups is 1. The lowest BCUT2D eigenvalue weighted by atomic mass is 10.1. The van der Waals surface area contributed by atoms with Crippen molar-refractivity contribution in [3.63, 3.8) is 0 Å². The topological polar surface area (TPSA) is 69.4 Å². The van der Waals surface area contributed by atoms with E-state index < -0.39 is 0 Å². The number of aryl methyl sites for hydroxylation is 1. The minimum absolute atomic E-state index is 0.159. The summed E-state index contributed by atoms with van der Waals surface area (Å²) in [5.74, 6) is 0.575. The van der Waals surface area contributed by atoms with Crippen LogP contribution in [-0.2, 0) is 4.74 Å². The fraction of sp³-hybridized carbons (Fsp3) is 0.368. The molecule has 1 unspecified atom stereocenters. The van der Waals surface area contributed by atoms with Crippen LogP contribution in [0, 0.1) is 12.3 Å². The lowest BCUT2D eigenvalue weighted by molar-refractivity contribution is 0.0924. The molecule has 2 aromatic rings. The summed E-state index contributed by atoms with van der Waals surface area (Å²) >= 11 is 1.47. The summed E-state index contributed by atoms with van der Waals surface area (Å²) in [6, 6.07) is 8.22. The second kappa shape index (κ2) is 6.61. The SMILES string of the molecule is Cc1ccc(-c2csc(C3=C(O)CN(CC4CCCO4)C3=N)n2)cc1. The van der Waals surface area contributed by atoms with Gasteiger partial charge in [0.1, 0.15) is 16.6 Å². The van der Waals surface area contributed by atoms with E-state index in [2.05, 4.69) is 24.0 Å². The van der Waals surface area contributed by atoms with Crippen molar-refractivity contribution in [2.75, 3.05) is 19.7 Å². The summed E-state index contributed by atoms with van der Waals surface area (Å²) in [5.41, 5.74) is 3.70. The molecule has 6 heteroatoms. The van der Waals surface area contributed by atoms with E-state index in [0.29, 0.717) is 29.5 Å². The largest absolute Gasteiger partial charge is 0.510 e. The molecule has 2 N–H and O–H groups in total. The molecular formula is C19H21N3O2S. The number of aromatic nitrogens is 1. The molecule has 1 aromatic heterocycles. The first-order valence-electron chi connectivity index (χ1n) is 8.52. The number of nitrogens with one attached hydrogen (secondary N) is 1. The van der Waals surface area contributed by atoms with Crippen LogP contribution in [0.4, 0.5) is 0 Å². The zero-order valence-electron chi connectivity index (χ0n) is 14.2. The van der Waals surface area contributed by atoms with Crippen molar-refractivity contribution in [2.45, 2.75) is 25.9 Å². The Hall–Kier alpha value is -2.18. The molecule has 1 aromatic carbocycles. The number of benzene rings is 1. The summed E-state index contributed by atoms with van der Waals surface area (Å²) in [7, 11) is 0. The van der Waals surface area contributed by atoms with Gasteiger partial charge in [0.2, 0.25) is 0 Å². The average molecular weight is 355 g/mol. The van der Waals surface area contributed by atoms with Crippen molar-refractivity contribution in [3.05, 3.63) is 46.0 Å². The third-order valence-corrected chi connectivity index (χ3v) is 5.56. The summed E-state index contributed by atoms with van der Waals surface area (Å²) in [4.78, 5) is 6.54. The van der Waals surface area contributed by atoms with Gasteiger partial charge < -0.3 is 14.7 Å². The van der Waals surface area contributed by atoms with Crippen molar-refractivity contribution in [1.82, 2.24) is 9.88 Å². The van der Waals surface area contributed by atoms with Crippen molar-refractivity contribution in [1.29, 1.82) is 5.41 Å². The minimum Gasteiger partial charge on any atom is -0.510 e. The normalized spacial score (nSPS) is 20.8. The van der Waals surface area contributed by atoms with Crippen molar-refractivity contribution < 1.29 is 9.84 Å². The van der Waals surface area contributed by atoms with E-state index in [-0.39, 0.29) is 11.9 Å². The summed E-state index contributed by atoms with van der Waals surface area (Å²) in [6.45, 7) is 3.88. The Morgan fingerprint density at radius 2 is 2.16 bits per heavy atom. The molecule has 0 amide bonds. The molecule has 0 spiro atoms. The maximum absolute atomic E-state index is 10.4. The molecule has 0 aliphatic carbocycles. The monoisotopic (exact) mass is 355 g/mol. The van der Waals surface area contributed by atoms with Crippen LogP contribution in [0.1, 0.15) is 23.4 Å². The van der Waals surface area contributed by atoms with Gasteiger partial charge in [-0.25, -0.2) is 4.98 Å². The Morgan fingerprint density at radius 3 is 2.88 bits per heavy atom. The molecule has 0 saturated carbocycles. The van der Waals surface area contributed by atoms with Crippen molar-refractivity contribution in [3.8, 4) is 11.3 Å². The second-order valence-corrected chi connectivity index (χ2v) is 7.45. The molecule has 5 nitrogen and oxygen atoms in total. The molecule has 130 valence electrons. The minimum atomic E-state index is 0.159. The first-order chi connectivity index (χ1) is 12.1. The summed E-state index contributed by atoms with van der Waals surface area (Å²) in [5, 5.41) is 21.5. The quantitative estimate of drug-likeness (QED) is 0.874. The van der Waals surface area contributed by atoms with E-state index in [4.69, 9.17) is 10.1 Å². The van der Waals surface area contributed by atoms with Gasteiger partial charge in [-0.1, -0.05) is 29.8 Å². The Balaban J connectivity index is 1.54. The predicted octanol–water partition coefficient (Wildman–Crippen LogP) is 3.86. The highest BCUT2D eigenvalue weighted by atomic mass is 32.1. The van der Waals surface area contributed by atoms with Crippen LogP contribution in [0.3, 0.4) is 0 Å². The van der Waals surface area contributed by atoms with Gasteiger partial charge in [-0.05, 0) is 19.8 Å². The first-order valence-corrected chi connectivity index (χ1v) is 9.40. The van der Waals surface area contributed by atoms with Crippen LogP contribution < -0.4 is 0 Å². The fourth-order valence-corrected chi connectivity index (χ4v) is 4.19. The van der Waals surface area contributed by atoms with Crippen LogP contribution in [0.2, 0.25) is 0 Å². The highest BCUT2D eigenvalue weighted by Gasteiger charge is 2.32. The number of hydrogen-bond acceptors (Lipinski definition) is 5.